The van der Waals surface area contributed by atoms with E-state index in [0.29, 0.717) is 43.8 Å². The first-order valence-corrected chi connectivity index (χ1v) is 9.33. The number of anilines is 1. The maximum absolute atomic E-state index is 13.2. The van der Waals surface area contributed by atoms with Crippen LogP contribution in [0.2, 0.25) is 0 Å². The Kier molecular flexibility index (Phi) is 6.60. The normalized spacial score (nSPS) is 15.1. The van der Waals surface area contributed by atoms with Crippen molar-refractivity contribution < 1.29 is 27.5 Å². The number of hydrogen-bond acceptors (Lipinski definition) is 6. The molecule has 0 saturated carbocycles. The summed E-state index contributed by atoms with van der Waals surface area (Å²) in [6.45, 7) is 1.83. The van der Waals surface area contributed by atoms with Gasteiger partial charge in [0.05, 0.1) is 5.56 Å². The molecule has 0 bridgehead atoms. The SMILES string of the molecule is CNc1ccn(C(=O)N2CCN(Cc3cc(OCC=O)cc(C(F)(F)F)c3)CC2)n1. The molecule has 2 aromatic rings. The second-order valence-electron chi connectivity index (χ2n) is 6.78. The molecule has 1 N–H and O–H groups in total. The van der Waals surface area contributed by atoms with Crippen LogP contribution in [0.15, 0.2) is 30.5 Å². The fourth-order valence-electron chi connectivity index (χ4n) is 3.19. The number of ether oxygens (including phenoxy) is 1. The number of halogens is 3. The highest BCUT2D eigenvalue weighted by molar-refractivity contribution is 5.76. The van der Waals surface area contributed by atoms with Gasteiger partial charge in [-0.15, -0.1) is 5.10 Å². The van der Waals surface area contributed by atoms with Crippen LogP contribution in [-0.4, -0.2) is 71.7 Å². The zero-order valence-corrected chi connectivity index (χ0v) is 16.4. The Morgan fingerprint density at radius 3 is 2.57 bits per heavy atom. The van der Waals surface area contributed by atoms with E-state index in [1.807, 2.05) is 4.90 Å². The quantitative estimate of drug-likeness (QED) is 0.716. The number of nitrogens with one attached hydrogen (secondary N) is 1. The zero-order valence-electron chi connectivity index (χ0n) is 16.4. The van der Waals surface area contributed by atoms with E-state index in [1.165, 1.54) is 10.7 Å². The fraction of sp³-hybridized carbons (Fsp3) is 0.421. The van der Waals surface area contributed by atoms with Crippen LogP contribution in [0.3, 0.4) is 0 Å². The van der Waals surface area contributed by atoms with Gasteiger partial charge in [0.1, 0.15) is 18.2 Å². The number of nitrogens with zero attached hydrogens (tertiary/aromatic N) is 4. The van der Waals surface area contributed by atoms with Crippen molar-refractivity contribution in [2.75, 3.05) is 45.2 Å². The molecule has 30 heavy (non-hydrogen) atoms. The van der Waals surface area contributed by atoms with Gasteiger partial charge in [0.2, 0.25) is 0 Å². The Hall–Kier alpha value is -3.08. The molecular weight excluding hydrogens is 403 g/mol. The molecule has 11 heteroatoms. The maximum Gasteiger partial charge on any atom is 0.416 e. The molecule has 3 rings (SSSR count). The zero-order chi connectivity index (χ0) is 21.7. The lowest BCUT2D eigenvalue weighted by atomic mass is 10.1. The number of benzene rings is 1. The molecule has 1 amide bonds. The molecule has 162 valence electrons. The summed E-state index contributed by atoms with van der Waals surface area (Å²) in [7, 11) is 1.71. The highest BCUT2D eigenvalue weighted by Crippen LogP contribution is 2.33. The number of carbonyl (C=O) groups excluding carboxylic acids is 2. The van der Waals surface area contributed by atoms with Crippen LogP contribution in [-0.2, 0) is 17.5 Å². The van der Waals surface area contributed by atoms with Crippen molar-refractivity contribution in [3.63, 3.8) is 0 Å². The van der Waals surface area contributed by atoms with Crippen LogP contribution < -0.4 is 10.1 Å². The average molecular weight is 425 g/mol. The summed E-state index contributed by atoms with van der Waals surface area (Å²) in [4.78, 5) is 26.6. The topological polar surface area (TPSA) is 79.7 Å². The van der Waals surface area contributed by atoms with Gasteiger partial charge in [0.15, 0.2) is 6.29 Å². The third kappa shape index (κ3) is 5.29. The maximum atomic E-state index is 13.2. The van der Waals surface area contributed by atoms with Crippen LogP contribution in [0.5, 0.6) is 5.75 Å². The number of piperazine rings is 1. The first kappa shape index (κ1) is 21.6. The largest absolute Gasteiger partial charge is 0.486 e. The predicted octanol–water partition coefficient (Wildman–Crippen LogP) is 2.31. The lowest BCUT2D eigenvalue weighted by Crippen LogP contribution is -2.49. The molecule has 8 nitrogen and oxygen atoms in total. The molecule has 0 atom stereocenters. The van der Waals surface area contributed by atoms with Gasteiger partial charge in [0.25, 0.3) is 0 Å². The monoisotopic (exact) mass is 425 g/mol. The number of amides is 1. The van der Waals surface area contributed by atoms with E-state index in [4.69, 9.17) is 4.74 Å². The van der Waals surface area contributed by atoms with E-state index < -0.39 is 11.7 Å². The minimum atomic E-state index is -4.52. The summed E-state index contributed by atoms with van der Waals surface area (Å²) in [5, 5.41) is 6.96. The molecule has 1 aromatic heterocycles. The third-order valence-electron chi connectivity index (χ3n) is 4.70. The number of aromatic nitrogens is 2. The number of rotatable bonds is 6. The van der Waals surface area contributed by atoms with E-state index in [1.54, 1.807) is 24.2 Å². The molecule has 1 aliphatic rings. The lowest BCUT2D eigenvalue weighted by Gasteiger charge is -2.34. The van der Waals surface area contributed by atoms with Crippen molar-refractivity contribution in [1.29, 1.82) is 0 Å². The van der Waals surface area contributed by atoms with Crippen LogP contribution in [0.4, 0.5) is 23.8 Å². The van der Waals surface area contributed by atoms with Gasteiger partial charge in [-0.1, -0.05) is 0 Å². The van der Waals surface area contributed by atoms with Crippen molar-refractivity contribution in [2.24, 2.45) is 0 Å². The lowest BCUT2D eigenvalue weighted by molar-refractivity contribution is -0.137. The molecule has 1 fully saturated rings. The summed E-state index contributed by atoms with van der Waals surface area (Å²) in [6.07, 6.45) is -2.46. The number of alkyl halides is 3. The highest BCUT2D eigenvalue weighted by Gasteiger charge is 2.32. The standard InChI is InChI=1S/C19H22F3N5O3/c1-23-17-2-3-27(24-17)18(29)26-6-4-25(5-7-26)13-14-10-15(19(20,21)22)12-16(11-14)30-9-8-28/h2-3,8,10-12H,4-7,9,13H2,1H3,(H,23,24). The van der Waals surface area contributed by atoms with Gasteiger partial charge in [0, 0.05) is 52.0 Å². The Balaban J connectivity index is 1.63. The van der Waals surface area contributed by atoms with E-state index >= 15 is 0 Å². The molecule has 0 spiro atoms. The van der Waals surface area contributed by atoms with Crippen molar-refractivity contribution >= 4 is 18.1 Å². The minimum absolute atomic E-state index is 0.000223. The number of aldehydes is 1. The Labute approximate surface area is 171 Å². The molecule has 1 saturated heterocycles. The second-order valence-corrected chi connectivity index (χ2v) is 6.78. The first-order chi connectivity index (χ1) is 14.3. The Morgan fingerprint density at radius 1 is 1.23 bits per heavy atom. The Morgan fingerprint density at radius 2 is 1.97 bits per heavy atom. The van der Waals surface area contributed by atoms with Gasteiger partial charge in [-0.25, -0.2) is 4.79 Å². The summed E-state index contributed by atoms with van der Waals surface area (Å²) in [6, 6.07) is 4.90. The van der Waals surface area contributed by atoms with Crippen LogP contribution in [0.1, 0.15) is 11.1 Å². The average Bonchev–Trinajstić information content (AvgIpc) is 3.21. The summed E-state index contributed by atoms with van der Waals surface area (Å²) < 4.78 is 45.9. The predicted molar refractivity (Wildman–Crippen MR) is 102 cm³/mol. The number of hydrogen-bond donors (Lipinski definition) is 1. The summed E-state index contributed by atoms with van der Waals surface area (Å²) in [5.74, 6) is 0.582. The van der Waals surface area contributed by atoms with Crippen LogP contribution >= 0.6 is 0 Å². The number of carbonyl (C=O) groups is 2. The second kappa shape index (κ2) is 9.16. The molecule has 0 radical (unpaired) electrons. The van der Waals surface area contributed by atoms with Crippen molar-refractivity contribution in [1.82, 2.24) is 19.6 Å². The van der Waals surface area contributed by atoms with Gasteiger partial charge in [-0.05, 0) is 23.8 Å². The van der Waals surface area contributed by atoms with Gasteiger partial charge in [-0.3, -0.25) is 9.69 Å². The molecule has 1 aromatic carbocycles. The highest BCUT2D eigenvalue weighted by atomic mass is 19.4. The van der Waals surface area contributed by atoms with Crippen LogP contribution in [0, 0.1) is 0 Å². The molecule has 1 aliphatic heterocycles. The van der Waals surface area contributed by atoms with E-state index in [2.05, 4.69) is 10.4 Å². The molecule has 0 unspecified atom stereocenters. The van der Waals surface area contributed by atoms with E-state index in [0.717, 1.165) is 12.1 Å². The molecule has 2 heterocycles. The smallest absolute Gasteiger partial charge is 0.416 e. The van der Waals surface area contributed by atoms with Gasteiger partial charge < -0.3 is 15.0 Å². The third-order valence-corrected chi connectivity index (χ3v) is 4.70. The fourth-order valence-corrected chi connectivity index (χ4v) is 3.19. The van der Waals surface area contributed by atoms with Crippen molar-refractivity contribution in [2.45, 2.75) is 12.7 Å². The van der Waals surface area contributed by atoms with Crippen LogP contribution in [0.25, 0.3) is 0 Å². The van der Waals surface area contributed by atoms with E-state index in [-0.39, 0.29) is 24.9 Å². The van der Waals surface area contributed by atoms with Crippen molar-refractivity contribution in [3.8, 4) is 5.75 Å². The minimum Gasteiger partial charge on any atom is -0.486 e. The molecule has 0 aliphatic carbocycles. The van der Waals surface area contributed by atoms with E-state index in [9.17, 15) is 22.8 Å². The summed E-state index contributed by atoms with van der Waals surface area (Å²) >= 11 is 0. The van der Waals surface area contributed by atoms with Crippen molar-refractivity contribution in [3.05, 3.63) is 41.6 Å². The first-order valence-electron chi connectivity index (χ1n) is 9.33. The Bertz CT molecular complexity index is 892. The van der Waals surface area contributed by atoms with Gasteiger partial charge in [-0.2, -0.15) is 17.9 Å². The molecular formula is C19H22F3N5O3. The summed E-state index contributed by atoms with van der Waals surface area (Å²) in [5.41, 5.74) is -0.398. The van der Waals surface area contributed by atoms with Gasteiger partial charge >= 0.3 is 12.2 Å².